The average molecular weight is 597 g/mol. The van der Waals surface area contributed by atoms with Gasteiger partial charge in [-0.15, -0.1) is 0 Å². The van der Waals surface area contributed by atoms with Gasteiger partial charge in [-0.25, -0.2) is 15.0 Å². The van der Waals surface area contributed by atoms with Gasteiger partial charge < -0.3 is 29.6 Å². The van der Waals surface area contributed by atoms with Crippen LogP contribution in [-0.2, 0) is 14.3 Å². The molecule has 0 unspecified atom stereocenters. The molecule has 0 bridgehead atoms. The molecule has 0 saturated heterocycles. The van der Waals surface area contributed by atoms with Gasteiger partial charge in [-0.3, -0.25) is 4.79 Å². The average Bonchev–Trinajstić information content (AvgIpc) is 3.40. The zero-order valence-electron chi connectivity index (χ0n) is 21.9. The van der Waals surface area contributed by atoms with E-state index in [0.29, 0.717) is 44.8 Å². The van der Waals surface area contributed by atoms with Crippen LogP contribution < -0.4 is 20.8 Å². The van der Waals surface area contributed by atoms with Crippen LogP contribution in [0.15, 0.2) is 75.4 Å². The number of hydrazone groups is 1. The van der Waals surface area contributed by atoms with Crippen molar-refractivity contribution in [2.24, 2.45) is 5.10 Å². The fourth-order valence-electron chi connectivity index (χ4n) is 4.02. The molecule has 41 heavy (non-hydrogen) atoms. The zero-order valence-corrected chi connectivity index (χ0v) is 23.5. The van der Waals surface area contributed by atoms with E-state index in [0.717, 1.165) is 0 Å². The number of esters is 1. The van der Waals surface area contributed by atoms with Gasteiger partial charge in [0.25, 0.3) is 5.91 Å². The van der Waals surface area contributed by atoms with Crippen molar-refractivity contribution in [1.82, 2.24) is 16.1 Å². The number of nitrogens with zero attached hydrogens (tertiary/aromatic N) is 1. The van der Waals surface area contributed by atoms with Gasteiger partial charge in [-0.1, -0.05) is 35.9 Å². The van der Waals surface area contributed by atoms with Gasteiger partial charge in [0, 0.05) is 16.8 Å². The Balaban J connectivity index is 1.39. The lowest BCUT2D eigenvalue weighted by Gasteiger charge is -2.30. The Labute approximate surface area is 245 Å². The van der Waals surface area contributed by atoms with Crippen molar-refractivity contribution >= 4 is 53.0 Å². The van der Waals surface area contributed by atoms with E-state index in [-0.39, 0.29) is 23.8 Å². The third-order valence-corrected chi connectivity index (χ3v) is 6.38. The summed E-state index contributed by atoms with van der Waals surface area (Å²) in [5.74, 6) is -1.02. The molecule has 1 aliphatic rings. The van der Waals surface area contributed by atoms with Crippen molar-refractivity contribution in [1.29, 1.82) is 0 Å². The second kappa shape index (κ2) is 13.1. The van der Waals surface area contributed by atoms with Crippen molar-refractivity contribution in [3.63, 3.8) is 0 Å². The number of hydrogen-bond donors (Lipinski definition) is 4. The van der Waals surface area contributed by atoms with Crippen LogP contribution >= 0.6 is 23.8 Å². The molecule has 212 valence electrons. The van der Waals surface area contributed by atoms with Crippen LogP contribution in [0.3, 0.4) is 0 Å². The summed E-state index contributed by atoms with van der Waals surface area (Å²) in [4.78, 5) is 36.3. The lowest BCUT2D eigenvalue weighted by molar-refractivity contribution is -0.139. The maximum atomic E-state index is 12.7. The number of nitrogens with one attached hydrogen (secondary N) is 3. The summed E-state index contributed by atoms with van der Waals surface area (Å²) in [6, 6.07) is 14.1. The molecular formula is C28H25ClN4O7S. The number of para-hydroxylation sites is 1. The van der Waals surface area contributed by atoms with Crippen LogP contribution in [0.2, 0.25) is 5.02 Å². The van der Waals surface area contributed by atoms with Gasteiger partial charge in [0.05, 0.1) is 35.0 Å². The second-order valence-corrected chi connectivity index (χ2v) is 9.43. The lowest BCUT2D eigenvalue weighted by Crippen LogP contribution is -2.45. The van der Waals surface area contributed by atoms with Crippen molar-refractivity contribution in [2.45, 2.75) is 19.9 Å². The Morgan fingerprint density at radius 1 is 1.20 bits per heavy atom. The second-order valence-electron chi connectivity index (χ2n) is 8.61. The number of carbonyl (C=O) groups is 3. The van der Waals surface area contributed by atoms with E-state index in [1.54, 1.807) is 56.3 Å². The van der Waals surface area contributed by atoms with Crippen molar-refractivity contribution in [3.8, 4) is 17.1 Å². The molecule has 1 aliphatic heterocycles. The number of carboxylic acids is 1. The molecule has 4 rings (SSSR count). The van der Waals surface area contributed by atoms with Crippen LogP contribution in [0, 0.1) is 0 Å². The molecule has 1 amide bonds. The van der Waals surface area contributed by atoms with Crippen molar-refractivity contribution in [2.75, 3.05) is 13.2 Å². The smallest absolute Gasteiger partial charge is 0.338 e. The highest BCUT2D eigenvalue weighted by Crippen LogP contribution is 2.33. The van der Waals surface area contributed by atoms with Crippen molar-refractivity contribution in [3.05, 3.63) is 87.8 Å². The number of aromatic carboxylic acids is 1. The lowest BCUT2D eigenvalue weighted by atomic mass is 9.95. The number of rotatable bonds is 10. The summed E-state index contributed by atoms with van der Waals surface area (Å²) in [6.07, 6.45) is 1.31. The molecule has 13 heteroatoms. The third kappa shape index (κ3) is 7.10. The Hall–Kier alpha value is -4.68. The van der Waals surface area contributed by atoms with E-state index in [4.69, 9.17) is 42.8 Å². The summed E-state index contributed by atoms with van der Waals surface area (Å²) in [5.41, 5.74) is 4.43. The number of furan rings is 1. The predicted molar refractivity (Wildman–Crippen MR) is 155 cm³/mol. The fraction of sp³-hybridized carbons (Fsp3) is 0.179. The fourth-order valence-corrected chi connectivity index (χ4v) is 4.55. The van der Waals surface area contributed by atoms with Gasteiger partial charge in [-0.05, 0) is 56.4 Å². The summed E-state index contributed by atoms with van der Waals surface area (Å²) < 4.78 is 16.7. The van der Waals surface area contributed by atoms with Gasteiger partial charge in [-0.2, -0.15) is 5.10 Å². The minimum atomic E-state index is -1.13. The Kier molecular flexibility index (Phi) is 9.37. The van der Waals surface area contributed by atoms with Crippen LogP contribution in [0.1, 0.15) is 41.6 Å². The first-order valence-corrected chi connectivity index (χ1v) is 13.1. The molecule has 0 saturated carbocycles. The van der Waals surface area contributed by atoms with E-state index >= 15 is 0 Å². The maximum absolute atomic E-state index is 12.7. The van der Waals surface area contributed by atoms with Crippen LogP contribution in [0.25, 0.3) is 11.3 Å². The first-order valence-electron chi connectivity index (χ1n) is 12.3. The summed E-state index contributed by atoms with van der Waals surface area (Å²) in [6.45, 7) is 3.30. The van der Waals surface area contributed by atoms with E-state index in [1.165, 1.54) is 18.3 Å². The highest BCUT2D eigenvalue weighted by molar-refractivity contribution is 7.80. The number of halogens is 1. The molecule has 3 aromatic rings. The molecule has 1 atom stereocenters. The predicted octanol–water partition coefficient (Wildman–Crippen LogP) is 4.18. The normalized spacial score (nSPS) is 14.8. The van der Waals surface area contributed by atoms with E-state index in [9.17, 15) is 14.4 Å². The van der Waals surface area contributed by atoms with Crippen molar-refractivity contribution < 1.29 is 33.4 Å². The van der Waals surface area contributed by atoms with E-state index in [1.807, 2.05) is 0 Å². The topological polar surface area (TPSA) is 151 Å². The summed E-state index contributed by atoms with van der Waals surface area (Å²) in [7, 11) is 0. The van der Waals surface area contributed by atoms with Crippen LogP contribution in [0.5, 0.6) is 5.75 Å². The minimum Gasteiger partial charge on any atom is -0.483 e. The molecule has 0 fully saturated rings. The Bertz CT molecular complexity index is 1570. The number of amides is 1. The molecule has 0 radical (unpaired) electrons. The molecule has 1 aromatic heterocycles. The number of allylic oxidation sites excluding steroid dienone is 1. The molecule has 0 aliphatic carbocycles. The monoisotopic (exact) mass is 596 g/mol. The quantitative estimate of drug-likeness (QED) is 0.116. The number of carboxylic acid groups (broad SMARTS) is 1. The van der Waals surface area contributed by atoms with Crippen LogP contribution in [-0.4, -0.2) is 47.5 Å². The number of ether oxygens (including phenoxy) is 2. The number of thiocarbonyl (C=S) groups is 1. The Morgan fingerprint density at radius 2 is 1.98 bits per heavy atom. The highest BCUT2D eigenvalue weighted by atomic mass is 35.5. The SMILES string of the molecule is CCOC(=O)C1=C(C)NC(=S)N[C@@H]1c1ccccc1OCC(=O)NN=Cc1ccc(-c2ccc(C(=O)O)c(Cl)c2)o1. The molecule has 2 heterocycles. The number of benzene rings is 2. The highest BCUT2D eigenvalue weighted by Gasteiger charge is 2.32. The minimum absolute atomic E-state index is 0.0159. The molecular weight excluding hydrogens is 572 g/mol. The molecule has 0 spiro atoms. The third-order valence-electron chi connectivity index (χ3n) is 5.85. The van der Waals surface area contributed by atoms with E-state index < -0.39 is 23.9 Å². The van der Waals surface area contributed by atoms with Gasteiger partial charge in [0.15, 0.2) is 11.7 Å². The molecule has 4 N–H and O–H groups in total. The maximum Gasteiger partial charge on any atom is 0.338 e. The largest absolute Gasteiger partial charge is 0.483 e. The number of hydrogen-bond acceptors (Lipinski definition) is 8. The summed E-state index contributed by atoms with van der Waals surface area (Å²) >= 11 is 11.3. The van der Waals surface area contributed by atoms with Gasteiger partial charge in [0.1, 0.15) is 17.3 Å². The van der Waals surface area contributed by atoms with Gasteiger partial charge in [0.2, 0.25) is 0 Å². The summed E-state index contributed by atoms with van der Waals surface area (Å²) in [5, 5.41) is 19.4. The van der Waals surface area contributed by atoms with Gasteiger partial charge >= 0.3 is 11.9 Å². The first kappa shape index (κ1) is 29.3. The Morgan fingerprint density at radius 3 is 2.71 bits per heavy atom. The number of carbonyl (C=O) groups excluding carboxylic acids is 2. The van der Waals surface area contributed by atoms with Crippen LogP contribution in [0.4, 0.5) is 0 Å². The van der Waals surface area contributed by atoms with E-state index in [2.05, 4.69) is 21.2 Å². The molecule has 11 nitrogen and oxygen atoms in total. The standard InChI is InChI=1S/C28H25ClN4O7S/c1-3-38-27(37)24-15(2)31-28(41)32-25(24)19-6-4-5-7-22(19)39-14-23(34)33-30-13-17-9-11-21(40-17)16-8-10-18(26(35)36)20(29)12-16/h4-13,25H,3,14H2,1-2H3,(H,33,34)(H,35,36)(H2,31,32,41)/t25-/m1/s1. The molecule has 2 aromatic carbocycles. The first-order chi connectivity index (χ1) is 19.7. The zero-order chi connectivity index (χ0) is 29.5.